The highest BCUT2D eigenvalue weighted by Gasteiger charge is 2.38. The SMILES string of the molecule is CCN(CC(C)C)C(=O)NC1(CC(=O)O)CCCC1. The fourth-order valence-electron chi connectivity index (χ4n) is 2.79. The van der Waals surface area contributed by atoms with E-state index < -0.39 is 11.5 Å². The summed E-state index contributed by atoms with van der Waals surface area (Å²) in [5.74, 6) is -0.432. The summed E-state index contributed by atoms with van der Waals surface area (Å²) < 4.78 is 0. The van der Waals surface area contributed by atoms with Gasteiger partial charge in [0.25, 0.3) is 0 Å². The third-order valence-corrected chi connectivity index (χ3v) is 3.68. The van der Waals surface area contributed by atoms with Crippen molar-refractivity contribution in [1.29, 1.82) is 0 Å². The summed E-state index contributed by atoms with van der Waals surface area (Å²) in [6.07, 6.45) is 3.54. The normalized spacial score (nSPS) is 17.5. The van der Waals surface area contributed by atoms with Crippen molar-refractivity contribution in [2.75, 3.05) is 13.1 Å². The number of carboxylic acid groups (broad SMARTS) is 1. The minimum absolute atomic E-state index is 0.0258. The van der Waals surface area contributed by atoms with Crippen LogP contribution in [0.4, 0.5) is 4.79 Å². The molecule has 0 bridgehead atoms. The van der Waals surface area contributed by atoms with E-state index in [0.717, 1.165) is 25.7 Å². The second-order valence-corrected chi connectivity index (χ2v) is 5.92. The van der Waals surface area contributed by atoms with Gasteiger partial charge in [-0.05, 0) is 25.7 Å². The monoisotopic (exact) mass is 270 g/mol. The molecule has 19 heavy (non-hydrogen) atoms. The molecule has 0 spiro atoms. The fourth-order valence-corrected chi connectivity index (χ4v) is 2.79. The van der Waals surface area contributed by atoms with Crippen LogP contribution >= 0.6 is 0 Å². The Morgan fingerprint density at radius 2 is 1.89 bits per heavy atom. The lowest BCUT2D eigenvalue weighted by Gasteiger charge is -2.33. The number of urea groups is 1. The lowest BCUT2D eigenvalue weighted by molar-refractivity contribution is -0.138. The number of carbonyl (C=O) groups excluding carboxylic acids is 1. The van der Waals surface area contributed by atoms with Crippen LogP contribution in [0.15, 0.2) is 0 Å². The first-order valence-electron chi connectivity index (χ1n) is 7.17. The first-order valence-corrected chi connectivity index (χ1v) is 7.17. The fraction of sp³-hybridized carbons (Fsp3) is 0.857. The van der Waals surface area contributed by atoms with Gasteiger partial charge in [0, 0.05) is 13.1 Å². The van der Waals surface area contributed by atoms with E-state index >= 15 is 0 Å². The van der Waals surface area contributed by atoms with Crippen molar-refractivity contribution in [1.82, 2.24) is 10.2 Å². The van der Waals surface area contributed by atoms with Crippen LogP contribution in [0.2, 0.25) is 0 Å². The lowest BCUT2D eigenvalue weighted by atomic mass is 9.93. The number of aliphatic carboxylic acids is 1. The summed E-state index contributed by atoms with van der Waals surface area (Å²) in [6, 6.07) is -0.126. The molecule has 0 unspecified atom stereocenters. The zero-order chi connectivity index (χ0) is 14.5. The smallest absolute Gasteiger partial charge is 0.317 e. The molecular weight excluding hydrogens is 244 g/mol. The van der Waals surface area contributed by atoms with Crippen LogP contribution in [0.5, 0.6) is 0 Å². The number of hydrogen-bond acceptors (Lipinski definition) is 2. The average molecular weight is 270 g/mol. The zero-order valence-corrected chi connectivity index (χ0v) is 12.2. The minimum atomic E-state index is -0.839. The molecule has 0 heterocycles. The largest absolute Gasteiger partial charge is 0.481 e. The molecule has 1 aliphatic rings. The molecule has 1 fully saturated rings. The maximum Gasteiger partial charge on any atom is 0.317 e. The molecule has 110 valence electrons. The number of carbonyl (C=O) groups is 2. The average Bonchev–Trinajstić information content (AvgIpc) is 2.72. The van der Waals surface area contributed by atoms with Crippen molar-refractivity contribution in [3.63, 3.8) is 0 Å². The van der Waals surface area contributed by atoms with E-state index in [1.54, 1.807) is 4.90 Å². The summed E-state index contributed by atoms with van der Waals surface area (Å²) in [7, 11) is 0. The van der Waals surface area contributed by atoms with Gasteiger partial charge in [0.15, 0.2) is 0 Å². The number of nitrogens with one attached hydrogen (secondary N) is 1. The predicted molar refractivity (Wildman–Crippen MR) is 74.1 cm³/mol. The molecule has 0 aromatic rings. The number of carboxylic acids is 1. The Morgan fingerprint density at radius 3 is 2.32 bits per heavy atom. The van der Waals surface area contributed by atoms with Gasteiger partial charge >= 0.3 is 12.0 Å². The third kappa shape index (κ3) is 4.73. The standard InChI is InChI=1S/C14H26N2O3/c1-4-16(10-11(2)3)13(19)15-14(9-12(17)18)7-5-6-8-14/h11H,4-10H2,1-3H3,(H,15,19)(H,17,18). The van der Waals surface area contributed by atoms with Crippen molar-refractivity contribution < 1.29 is 14.7 Å². The number of nitrogens with zero attached hydrogens (tertiary/aromatic N) is 1. The second-order valence-electron chi connectivity index (χ2n) is 5.92. The predicted octanol–water partition coefficient (Wildman–Crippen LogP) is 2.46. The van der Waals surface area contributed by atoms with Crippen LogP contribution in [-0.4, -0.2) is 40.6 Å². The molecule has 0 saturated heterocycles. The molecule has 0 aromatic heterocycles. The van der Waals surface area contributed by atoms with Crippen LogP contribution < -0.4 is 5.32 Å². The van der Waals surface area contributed by atoms with Gasteiger partial charge in [0.1, 0.15) is 0 Å². The number of amides is 2. The third-order valence-electron chi connectivity index (χ3n) is 3.68. The Bertz CT molecular complexity index is 323. The number of rotatable bonds is 6. The summed E-state index contributed by atoms with van der Waals surface area (Å²) >= 11 is 0. The minimum Gasteiger partial charge on any atom is -0.481 e. The lowest BCUT2D eigenvalue weighted by Crippen LogP contribution is -2.53. The first-order chi connectivity index (χ1) is 8.88. The summed E-state index contributed by atoms with van der Waals surface area (Å²) in [4.78, 5) is 25.0. The maximum atomic E-state index is 12.3. The van der Waals surface area contributed by atoms with Crippen LogP contribution in [0, 0.1) is 5.92 Å². The molecular formula is C14H26N2O3. The molecule has 5 heteroatoms. The summed E-state index contributed by atoms with van der Waals surface area (Å²) in [5.41, 5.74) is -0.534. The van der Waals surface area contributed by atoms with E-state index in [9.17, 15) is 9.59 Å². The van der Waals surface area contributed by atoms with E-state index in [-0.39, 0.29) is 12.5 Å². The van der Waals surface area contributed by atoms with E-state index in [1.807, 2.05) is 6.92 Å². The van der Waals surface area contributed by atoms with Crippen molar-refractivity contribution in [3.8, 4) is 0 Å². The Morgan fingerprint density at radius 1 is 1.32 bits per heavy atom. The van der Waals surface area contributed by atoms with Crippen molar-refractivity contribution in [3.05, 3.63) is 0 Å². The highest BCUT2D eigenvalue weighted by atomic mass is 16.4. The number of hydrogen-bond donors (Lipinski definition) is 2. The van der Waals surface area contributed by atoms with E-state index in [1.165, 1.54) is 0 Å². The molecule has 2 N–H and O–H groups in total. The van der Waals surface area contributed by atoms with Gasteiger partial charge in [-0.3, -0.25) is 4.79 Å². The van der Waals surface area contributed by atoms with Gasteiger partial charge in [-0.1, -0.05) is 26.7 Å². The molecule has 1 aliphatic carbocycles. The Labute approximate surface area is 115 Å². The first kappa shape index (κ1) is 15.8. The van der Waals surface area contributed by atoms with Crippen molar-refractivity contribution in [2.24, 2.45) is 5.92 Å². The van der Waals surface area contributed by atoms with Gasteiger partial charge in [0.05, 0.1) is 12.0 Å². The molecule has 0 atom stereocenters. The van der Waals surface area contributed by atoms with Gasteiger partial charge in [0.2, 0.25) is 0 Å². The quantitative estimate of drug-likeness (QED) is 0.779. The van der Waals surface area contributed by atoms with Gasteiger partial charge in [-0.25, -0.2) is 4.79 Å². The van der Waals surface area contributed by atoms with E-state index in [4.69, 9.17) is 5.11 Å². The van der Waals surface area contributed by atoms with Crippen LogP contribution in [0.1, 0.15) is 52.9 Å². The molecule has 1 rings (SSSR count). The summed E-state index contributed by atoms with van der Waals surface area (Å²) in [5, 5.41) is 12.0. The zero-order valence-electron chi connectivity index (χ0n) is 12.2. The van der Waals surface area contributed by atoms with Crippen molar-refractivity contribution in [2.45, 2.75) is 58.4 Å². The molecule has 0 radical (unpaired) electrons. The van der Waals surface area contributed by atoms with Crippen LogP contribution in [0.25, 0.3) is 0 Å². The molecule has 0 aromatic carbocycles. The van der Waals surface area contributed by atoms with Gasteiger partial charge in [-0.15, -0.1) is 0 Å². The van der Waals surface area contributed by atoms with E-state index in [0.29, 0.717) is 19.0 Å². The van der Waals surface area contributed by atoms with Gasteiger partial charge in [-0.2, -0.15) is 0 Å². The second kappa shape index (κ2) is 6.78. The van der Waals surface area contributed by atoms with Crippen molar-refractivity contribution >= 4 is 12.0 Å². The van der Waals surface area contributed by atoms with Gasteiger partial charge < -0.3 is 15.3 Å². The molecule has 2 amide bonds. The van der Waals surface area contributed by atoms with E-state index in [2.05, 4.69) is 19.2 Å². The summed E-state index contributed by atoms with van der Waals surface area (Å²) in [6.45, 7) is 7.43. The molecule has 0 aliphatic heterocycles. The van der Waals surface area contributed by atoms with Crippen LogP contribution in [-0.2, 0) is 4.79 Å². The maximum absolute atomic E-state index is 12.3. The Balaban J connectivity index is 2.67. The Kier molecular flexibility index (Phi) is 5.63. The Hall–Kier alpha value is -1.26. The topological polar surface area (TPSA) is 69.6 Å². The molecule has 5 nitrogen and oxygen atoms in total. The highest BCUT2D eigenvalue weighted by Crippen LogP contribution is 2.32. The van der Waals surface area contributed by atoms with Crippen LogP contribution in [0.3, 0.4) is 0 Å². The molecule has 1 saturated carbocycles. The highest BCUT2D eigenvalue weighted by molar-refractivity contribution is 5.77.